The Morgan fingerprint density at radius 1 is 0.850 bits per heavy atom. The van der Waals surface area contributed by atoms with Crippen molar-refractivity contribution in [2.24, 2.45) is 5.92 Å². The molecule has 1 fully saturated rings. The maximum atomic E-state index is 2.35. The van der Waals surface area contributed by atoms with Gasteiger partial charge in [0, 0.05) is 5.41 Å². The first-order valence-corrected chi connectivity index (χ1v) is 7.28. The predicted octanol–water partition coefficient (Wildman–Crippen LogP) is 5.12. The summed E-state index contributed by atoms with van der Waals surface area (Å²) < 4.78 is 0. The largest absolute Gasteiger partial charge is 0.0877 e. The summed E-state index contributed by atoms with van der Waals surface area (Å²) in [7, 11) is 0. The normalized spacial score (nSPS) is 20.6. The van der Waals surface area contributed by atoms with Gasteiger partial charge in [0.25, 0.3) is 0 Å². The van der Waals surface area contributed by atoms with E-state index in [1.807, 2.05) is 0 Å². The number of allylic oxidation sites excluding steroid dienone is 4. The highest BCUT2D eigenvalue weighted by molar-refractivity contribution is 5.49. The van der Waals surface area contributed by atoms with E-state index in [2.05, 4.69) is 91.9 Å². The van der Waals surface area contributed by atoms with Gasteiger partial charge in [0.1, 0.15) is 0 Å². The maximum Gasteiger partial charge on any atom is 0.0272 e. The molecule has 0 saturated heterocycles. The number of rotatable bonds is 4. The van der Waals surface area contributed by atoms with Crippen LogP contribution in [-0.2, 0) is 5.41 Å². The molecule has 2 aromatic rings. The maximum absolute atomic E-state index is 2.35. The van der Waals surface area contributed by atoms with Crippen LogP contribution in [0, 0.1) is 5.92 Å². The molecule has 0 aliphatic heterocycles. The molecule has 1 saturated carbocycles. The molecular formula is C20H20. The highest BCUT2D eigenvalue weighted by Gasteiger charge is 2.54. The van der Waals surface area contributed by atoms with Gasteiger partial charge in [0.15, 0.2) is 0 Å². The van der Waals surface area contributed by atoms with E-state index in [4.69, 9.17) is 0 Å². The van der Waals surface area contributed by atoms with E-state index in [0.29, 0.717) is 5.92 Å². The molecule has 100 valence electrons. The zero-order valence-electron chi connectivity index (χ0n) is 11.9. The molecule has 0 radical (unpaired) electrons. The molecule has 0 bridgehead atoms. The van der Waals surface area contributed by atoms with Crippen LogP contribution in [0.15, 0.2) is 85.0 Å². The average Bonchev–Trinajstić information content (AvgIpc) is 3.25. The van der Waals surface area contributed by atoms with Crippen LogP contribution < -0.4 is 0 Å². The lowest BCUT2D eigenvalue weighted by atomic mass is 9.85. The van der Waals surface area contributed by atoms with E-state index >= 15 is 0 Å². The van der Waals surface area contributed by atoms with Crippen molar-refractivity contribution in [1.29, 1.82) is 0 Å². The van der Waals surface area contributed by atoms with Gasteiger partial charge in [-0.2, -0.15) is 0 Å². The van der Waals surface area contributed by atoms with Crippen LogP contribution in [0.1, 0.15) is 24.5 Å². The molecule has 1 unspecified atom stereocenters. The van der Waals surface area contributed by atoms with Crippen molar-refractivity contribution in [2.75, 3.05) is 0 Å². The van der Waals surface area contributed by atoms with Crippen molar-refractivity contribution in [2.45, 2.75) is 18.8 Å². The molecule has 0 N–H and O–H groups in total. The number of hydrogen-bond acceptors (Lipinski definition) is 0. The van der Waals surface area contributed by atoms with Crippen molar-refractivity contribution >= 4 is 0 Å². The Hall–Kier alpha value is -2.08. The van der Waals surface area contributed by atoms with Crippen molar-refractivity contribution < 1.29 is 0 Å². The van der Waals surface area contributed by atoms with Crippen molar-refractivity contribution in [3.63, 3.8) is 0 Å². The van der Waals surface area contributed by atoms with Gasteiger partial charge in [-0.25, -0.2) is 0 Å². The summed E-state index contributed by atoms with van der Waals surface area (Å²) >= 11 is 0. The van der Waals surface area contributed by atoms with Crippen LogP contribution in [0.25, 0.3) is 0 Å². The predicted molar refractivity (Wildman–Crippen MR) is 85.7 cm³/mol. The molecular weight excluding hydrogens is 240 g/mol. The van der Waals surface area contributed by atoms with E-state index < -0.39 is 0 Å². The summed E-state index contributed by atoms with van der Waals surface area (Å²) in [6.45, 7) is 2.05. The Bertz CT molecular complexity index is 566. The number of hydrogen-bond donors (Lipinski definition) is 0. The molecule has 2 aromatic carbocycles. The molecule has 3 rings (SSSR count). The quantitative estimate of drug-likeness (QED) is 0.669. The Labute approximate surface area is 121 Å². The highest BCUT2D eigenvalue weighted by Crippen LogP contribution is 2.59. The van der Waals surface area contributed by atoms with Crippen molar-refractivity contribution in [3.05, 3.63) is 96.1 Å². The second-order valence-corrected chi connectivity index (χ2v) is 5.42. The lowest BCUT2D eigenvalue weighted by Gasteiger charge is -2.18. The van der Waals surface area contributed by atoms with Crippen molar-refractivity contribution in [1.82, 2.24) is 0 Å². The standard InChI is InChI=1S/C20H20/c1-2-3-6-15-19-16-20(19,17-11-7-4-8-12-17)18-13-9-5-10-14-18/h2-15,19H,16H2,1H3/b3-2+,15-6+. The Morgan fingerprint density at radius 2 is 1.40 bits per heavy atom. The third-order valence-electron chi connectivity index (χ3n) is 4.24. The van der Waals surface area contributed by atoms with Crippen LogP contribution in [0.4, 0.5) is 0 Å². The summed E-state index contributed by atoms with van der Waals surface area (Å²) in [6.07, 6.45) is 9.91. The van der Waals surface area contributed by atoms with E-state index in [0.717, 1.165) is 0 Å². The van der Waals surface area contributed by atoms with Crippen molar-refractivity contribution in [3.8, 4) is 0 Å². The second-order valence-electron chi connectivity index (χ2n) is 5.42. The molecule has 1 aliphatic rings. The first-order chi connectivity index (χ1) is 9.88. The summed E-state index contributed by atoms with van der Waals surface area (Å²) in [5.74, 6) is 0.600. The summed E-state index contributed by atoms with van der Waals surface area (Å²) in [6, 6.07) is 21.8. The zero-order valence-corrected chi connectivity index (χ0v) is 11.9. The molecule has 0 nitrogen and oxygen atoms in total. The number of benzene rings is 2. The minimum atomic E-state index is 0.181. The third-order valence-corrected chi connectivity index (χ3v) is 4.24. The van der Waals surface area contributed by atoms with Crippen LogP contribution in [0.3, 0.4) is 0 Å². The molecule has 1 atom stereocenters. The fourth-order valence-electron chi connectivity index (χ4n) is 3.13. The van der Waals surface area contributed by atoms with E-state index in [1.165, 1.54) is 17.5 Å². The topological polar surface area (TPSA) is 0 Å². The highest BCUT2D eigenvalue weighted by atomic mass is 14.6. The van der Waals surface area contributed by atoms with Gasteiger partial charge >= 0.3 is 0 Å². The minimum absolute atomic E-state index is 0.181. The fourth-order valence-corrected chi connectivity index (χ4v) is 3.13. The third kappa shape index (κ3) is 2.22. The minimum Gasteiger partial charge on any atom is -0.0877 e. The Balaban J connectivity index is 1.99. The monoisotopic (exact) mass is 260 g/mol. The van der Waals surface area contributed by atoms with Gasteiger partial charge in [-0.3, -0.25) is 0 Å². The van der Waals surface area contributed by atoms with Crippen LogP contribution in [-0.4, -0.2) is 0 Å². The van der Waals surface area contributed by atoms with Gasteiger partial charge in [-0.15, -0.1) is 0 Å². The lowest BCUT2D eigenvalue weighted by Crippen LogP contribution is -2.11. The van der Waals surface area contributed by atoms with Gasteiger partial charge in [-0.05, 0) is 30.4 Å². The zero-order chi connectivity index (χ0) is 13.8. The summed E-state index contributed by atoms with van der Waals surface area (Å²) in [4.78, 5) is 0. The van der Waals surface area contributed by atoms with Crippen LogP contribution in [0.5, 0.6) is 0 Å². The smallest absolute Gasteiger partial charge is 0.0272 e. The summed E-state index contributed by atoms with van der Waals surface area (Å²) in [5, 5.41) is 0. The lowest BCUT2D eigenvalue weighted by molar-refractivity contribution is 0.790. The molecule has 0 heterocycles. The van der Waals surface area contributed by atoms with E-state index in [-0.39, 0.29) is 5.41 Å². The van der Waals surface area contributed by atoms with Gasteiger partial charge < -0.3 is 0 Å². The summed E-state index contributed by atoms with van der Waals surface area (Å²) in [5.41, 5.74) is 3.04. The first kappa shape index (κ1) is 12.9. The Kier molecular flexibility index (Phi) is 3.56. The molecule has 0 spiro atoms. The van der Waals surface area contributed by atoms with Crippen LogP contribution in [0.2, 0.25) is 0 Å². The SMILES string of the molecule is C/C=C/C=C/C1CC1(c1ccccc1)c1ccccc1. The molecule has 1 aliphatic carbocycles. The Morgan fingerprint density at radius 3 is 1.90 bits per heavy atom. The first-order valence-electron chi connectivity index (χ1n) is 7.28. The fraction of sp³-hybridized carbons (Fsp3) is 0.200. The second kappa shape index (κ2) is 5.50. The van der Waals surface area contributed by atoms with Gasteiger partial charge in [-0.1, -0.05) is 85.0 Å². The van der Waals surface area contributed by atoms with Crippen LogP contribution >= 0.6 is 0 Å². The molecule has 0 heteroatoms. The average molecular weight is 260 g/mol. The molecule has 20 heavy (non-hydrogen) atoms. The van der Waals surface area contributed by atoms with E-state index in [1.54, 1.807) is 0 Å². The molecule has 0 amide bonds. The van der Waals surface area contributed by atoms with E-state index in [9.17, 15) is 0 Å². The molecule has 0 aromatic heterocycles. The van der Waals surface area contributed by atoms with Gasteiger partial charge in [0.05, 0.1) is 0 Å². The van der Waals surface area contributed by atoms with Gasteiger partial charge in [0.2, 0.25) is 0 Å².